The van der Waals surface area contributed by atoms with E-state index in [9.17, 15) is 26.4 Å². The highest BCUT2D eigenvalue weighted by Crippen LogP contribution is 2.09. The molecule has 23 heavy (non-hydrogen) atoms. The van der Waals surface area contributed by atoms with Gasteiger partial charge < -0.3 is 10.2 Å². The number of carboxylic acid groups (broad SMARTS) is 2. The van der Waals surface area contributed by atoms with Crippen molar-refractivity contribution in [1.82, 2.24) is 4.90 Å². The Balaban J connectivity index is 4.93. The number of hydrogen-bond donors (Lipinski definition) is 4. The molecule has 0 unspecified atom stereocenters. The van der Waals surface area contributed by atoms with E-state index in [1.165, 1.54) is 0 Å². The van der Waals surface area contributed by atoms with Crippen LogP contribution in [0.25, 0.3) is 0 Å². The van der Waals surface area contributed by atoms with Gasteiger partial charge in [0.1, 0.15) is 6.04 Å². The van der Waals surface area contributed by atoms with Crippen molar-refractivity contribution in [3.63, 3.8) is 0 Å². The van der Waals surface area contributed by atoms with Crippen LogP contribution in [0.5, 0.6) is 0 Å². The van der Waals surface area contributed by atoms with E-state index in [4.69, 9.17) is 19.3 Å². The minimum atomic E-state index is -4.26. The fraction of sp³-hybridized carbons (Fsp3) is 0.800. The van der Waals surface area contributed by atoms with Gasteiger partial charge in [0.15, 0.2) is 0 Å². The molecule has 0 saturated carbocycles. The molecule has 0 amide bonds. The molecule has 13 heteroatoms. The van der Waals surface area contributed by atoms with Crippen LogP contribution in [-0.4, -0.2) is 83.6 Å². The maximum Gasteiger partial charge on any atom is 0.321 e. The lowest BCUT2D eigenvalue weighted by molar-refractivity contribution is -0.149. The number of carbonyl (C=O) groups is 2. The lowest BCUT2D eigenvalue weighted by Crippen LogP contribution is -2.44. The molecule has 0 aromatic rings. The number of nitrogens with zero attached hydrogens (tertiary/aromatic N) is 1. The topological polar surface area (TPSA) is 187 Å². The van der Waals surface area contributed by atoms with Crippen molar-refractivity contribution in [2.24, 2.45) is 0 Å². The van der Waals surface area contributed by atoms with Gasteiger partial charge in [-0.3, -0.25) is 23.6 Å². The average molecular weight is 377 g/mol. The van der Waals surface area contributed by atoms with Crippen molar-refractivity contribution >= 4 is 32.2 Å². The summed E-state index contributed by atoms with van der Waals surface area (Å²) < 4.78 is 59.9. The predicted octanol–water partition coefficient (Wildman–Crippen LogP) is -1.23. The zero-order valence-electron chi connectivity index (χ0n) is 12.0. The third-order valence-corrected chi connectivity index (χ3v) is 4.40. The molecule has 136 valence electrons. The summed E-state index contributed by atoms with van der Waals surface area (Å²) in [6.45, 7) is -0.370. The molecule has 0 saturated heterocycles. The molecule has 0 aromatic carbocycles. The maximum atomic E-state index is 11.2. The normalized spacial score (nSPS) is 13.9. The molecule has 1 atom stereocenters. The molecule has 0 spiro atoms. The van der Waals surface area contributed by atoms with Crippen LogP contribution >= 0.6 is 0 Å². The Bertz CT molecular complexity index is 574. The first-order valence-corrected chi connectivity index (χ1v) is 9.62. The predicted molar refractivity (Wildman–Crippen MR) is 77.3 cm³/mol. The van der Waals surface area contributed by atoms with Crippen LogP contribution in [0.3, 0.4) is 0 Å². The SMILES string of the molecule is O=C(O)C[C@@H](C(=O)O)N(CCCS(=O)(=O)O)CCCS(=O)(=O)O. The van der Waals surface area contributed by atoms with Gasteiger partial charge in [0, 0.05) is 13.1 Å². The van der Waals surface area contributed by atoms with E-state index in [1.54, 1.807) is 0 Å². The minimum Gasteiger partial charge on any atom is -0.481 e. The Morgan fingerprint density at radius 3 is 1.52 bits per heavy atom. The lowest BCUT2D eigenvalue weighted by atomic mass is 10.1. The highest BCUT2D eigenvalue weighted by atomic mass is 32.2. The van der Waals surface area contributed by atoms with Gasteiger partial charge in [-0.15, -0.1) is 0 Å². The maximum absolute atomic E-state index is 11.2. The van der Waals surface area contributed by atoms with Crippen molar-refractivity contribution in [2.45, 2.75) is 25.3 Å². The fourth-order valence-electron chi connectivity index (χ4n) is 1.86. The lowest BCUT2D eigenvalue weighted by Gasteiger charge is -2.27. The Morgan fingerprint density at radius 2 is 1.26 bits per heavy atom. The van der Waals surface area contributed by atoms with Gasteiger partial charge in [0.05, 0.1) is 17.9 Å². The second-order valence-corrected chi connectivity index (χ2v) is 7.91. The molecular weight excluding hydrogens is 358 g/mol. The molecule has 0 radical (unpaired) electrons. The van der Waals surface area contributed by atoms with Crippen LogP contribution in [0.4, 0.5) is 0 Å². The zero-order valence-corrected chi connectivity index (χ0v) is 13.7. The van der Waals surface area contributed by atoms with Crippen LogP contribution in [0.2, 0.25) is 0 Å². The van der Waals surface area contributed by atoms with Gasteiger partial charge in [-0.2, -0.15) is 16.8 Å². The smallest absolute Gasteiger partial charge is 0.321 e. The Morgan fingerprint density at radius 1 is 0.870 bits per heavy atom. The highest BCUT2D eigenvalue weighted by Gasteiger charge is 2.28. The highest BCUT2D eigenvalue weighted by molar-refractivity contribution is 7.86. The van der Waals surface area contributed by atoms with Crippen molar-refractivity contribution < 1.29 is 45.7 Å². The molecule has 0 aromatic heterocycles. The van der Waals surface area contributed by atoms with E-state index in [-0.39, 0.29) is 25.9 Å². The number of rotatable bonds is 12. The van der Waals surface area contributed by atoms with Crippen molar-refractivity contribution in [2.75, 3.05) is 24.6 Å². The molecule has 4 N–H and O–H groups in total. The molecule has 0 aliphatic heterocycles. The molecule has 0 aliphatic rings. The summed E-state index contributed by atoms with van der Waals surface area (Å²) in [6.07, 6.45) is -1.12. The van der Waals surface area contributed by atoms with E-state index in [0.717, 1.165) is 4.90 Å². The van der Waals surface area contributed by atoms with Gasteiger partial charge in [-0.05, 0) is 12.8 Å². The standard InChI is InChI=1S/C10H19NO10S2/c12-9(13)7-8(10(14)15)11(3-1-5-22(16,17)18)4-2-6-23(19,20)21/h8H,1-7H2,(H,12,13)(H,14,15)(H,16,17,18)(H,19,20,21)/t8-/m0/s1. The summed E-state index contributed by atoms with van der Waals surface area (Å²) in [5.74, 6) is -4.17. The molecule has 0 fully saturated rings. The van der Waals surface area contributed by atoms with Crippen LogP contribution in [0.15, 0.2) is 0 Å². The summed E-state index contributed by atoms with van der Waals surface area (Å²) in [7, 11) is -8.52. The summed E-state index contributed by atoms with van der Waals surface area (Å²) in [4.78, 5) is 23.0. The molecule has 0 heterocycles. The van der Waals surface area contributed by atoms with Gasteiger partial charge in [0.25, 0.3) is 20.2 Å². The number of hydrogen-bond acceptors (Lipinski definition) is 7. The fourth-order valence-corrected chi connectivity index (χ4v) is 2.85. The molecule has 0 rings (SSSR count). The van der Waals surface area contributed by atoms with E-state index < -0.39 is 56.1 Å². The first-order valence-electron chi connectivity index (χ1n) is 6.41. The Hall–Kier alpha value is -1.28. The summed E-state index contributed by atoms with van der Waals surface area (Å²) in [6, 6.07) is -1.49. The monoisotopic (exact) mass is 377 g/mol. The average Bonchev–Trinajstić information content (AvgIpc) is 2.30. The molecular formula is C10H19NO10S2. The minimum absolute atomic E-state index is 0.173. The Kier molecular flexibility index (Phi) is 8.61. The van der Waals surface area contributed by atoms with E-state index in [1.807, 2.05) is 0 Å². The van der Waals surface area contributed by atoms with Crippen LogP contribution in [-0.2, 0) is 29.8 Å². The van der Waals surface area contributed by atoms with Crippen molar-refractivity contribution in [1.29, 1.82) is 0 Å². The zero-order chi connectivity index (χ0) is 18.3. The second kappa shape index (κ2) is 9.12. The number of aliphatic carboxylic acids is 2. The van der Waals surface area contributed by atoms with Gasteiger partial charge >= 0.3 is 11.9 Å². The first-order chi connectivity index (χ1) is 10.3. The summed E-state index contributed by atoms with van der Waals surface area (Å²) in [5.41, 5.74) is 0. The van der Waals surface area contributed by atoms with Gasteiger partial charge in [0.2, 0.25) is 0 Å². The van der Waals surface area contributed by atoms with Gasteiger partial charge in [-0.1, -0.05) is 0 Å². The molecule has 0 bridgehead atoms. The molecule has 11 nitrogen and oxygen atoms in total. The van der Waals surface area contributed by atoms with E-state index in [0.29, 0.717) is 0 Å². The van der Waals surface area contributed by atoms with Gasteiger partial charge in [-0.25, -0.2) is 0 Å². The second-order valence-electron chi connectivity index (χ2n) is 4.77. The summed E-state index contributed by atoms with van der Waals surface area (Å²) >= 11 is 0. The number of carboxylic acids is 2. The first kappa shape index (κ1) is 21.7. The molecule has 0 aliphatic carbocycles. The largest absolute Gasteiger partial charge is 0.481 e. The van der Waals surface area contributed by atoms with Crippen LogP contribution in [0.1, 0.15) is 19.3 Å². The van der Waals surface area contributed by atoms with Crippen LogP contribution in [0, 0.1) is 0 Å². The van der Waals surface area contributed by atoms with Crippen molar-refractivity contribution in [3.8, 4) is 0 Å². The third kappa shape index (κ3) is 11.9. The van der Waals surface area contributed by atoms with Crippen molar-refractivity contribution in [3.05, 3.63) is 0 Å². The van der Waals surface area contributed by atoms with E-state index >= 15 is 0 Å². The Labute approximate surface area is 133 Å². The third-order valence-electron chi connectivity index (χ3n) is 2.79. The van der Waals surface area contributed by atoms with E-state index in [2.05, 4.69) is 0 Å². The van der Waals surface area contributed by atoms with Crippen LogP contribution < -0.4 is 0 Å². The quantitative estimate of drug-likeness (QED) is 0.298. The summed E-state index contributed by atoms with van der Waals surface area (Å²) in [5, 5.41) is 17.8.